The molecule has 2 rings (SSSR count). The molecule has 1 saturated carbocycles. The van der Waals surface area contributed by atoms with E-state index in [1.807, 2.05) is 12.3 Å². The van der Waals surface area contributed by atoms with Crippen molar-refractivity contribution < 1.29 is 0 Å². The summed E-state index contributed by atoms with van der Waals surface area (Å²) in [6.45, 7) is 0. The van der Waals surface area contributed by atoms with Gasteiger partial charge in [0.15, 0.2) is 0 Å². The van der Waals surface area contributed by atoms with Gasteiger partial charge in [0, 0.05) is 25.4 Å². The molecule has 13 heavy (non-hydrogen) atoms. The van der Waals surface area contributed by atoms with Crippen molar-refractivity contribution in [3.05, 3.63) is 28.7 Å². The van der Waals surface area contributed by atoms with Crippen molar-refractivity contribution in [3.63, 3.8) is 0 Å². The molecule has 1 fully saturated rings. The molecule has 0 aliphatic heterocycles. The first-order valence-electron chi connectivity index (χ1n) is 4.69. The number of pyridine rings is 1. The first kappa shape index (κ1) is 8.35. The molecule has 1 N–H and O–H groups in total. The Morgan fingerprint density at radius 3 is 2.77 bits per heavy atom. The molecule has 1 aromatic heterocycles. The number of aryl methyl sites for hydroxylation is 1. The molecular weight excluding hydrogens is 164 g/mol. The lowest BCUT2D eigenvalue weighted by molar-refractivity contribution is 0.445. The zero-order valence-corrected chi connectivity index (χ0v) is 7.79. The maximum atomic E-state index is 11.1. The maximum absolute atomic E-state index is 11.1. The first-order valence-corrected chi connectivity index (χ1v) is 4.69. The fourth-order valence-electron chi connectivity index (χ4n) is 1.47. The molecule has 1 aliphatic rings. The summed E-state index contributed by atoms with van der Waals surface area (Å²) in [4.78, 5) is 11.1. The molecule has 0 bridgehead atoms. The Balaban J connectivity index is 2.11. The lowest BCUT2D eigenvalue weighted by atomic mass is 9.93. The van der Waals surface area contributed by atoms with Crippen molar-refractivity contribution in [1.82, 2.24) is 4.57 Å². The predicted molar refractivity (Wildman–Crippen MR) is 52.9 cm³/mol. The summed E-state index contributed by atoms with van der Waals surface area (Å²) >= 11 is 0. The van der Waals surface area contributed by atoms with Crippen LogP contribution in [0.5, 0.6) is 0 Å². The molecule has 0 unspecified atom stereocenters. The molecule has 70 valence electrons. The van der Waals surface area contributed by atoms with Crippen LogP contribution in [0.25, 0.3) is 0 Å². The van der Waals surface area contributed by atoms with Gasteiger partial charge < -0.3 is 9.88 Å². The summed E-state index contributed by atoms with van der Waals surface area (Å²) in [7, 11) is 1.77. The molecule has 3 nitrogen and oxygen atoms in total. The number of hydrogen-bond donors (Lipinski definition) is 1. The summed E-state index contributed by atoms with van der Waals surface area (Å²) in [6, 6.07) is 4.07. The first-order chi connectivity index (χ1) is 6.25. The van der Waals surface area contributed by atoms with E-state index < -0.39 is 0 Å². The number of nitrogens with zero attached hydrogens (tertiary/aromatic N) is 1. The predicted octanol–water partition coefficient (Wildman–Crippen LogP) is 1.35. The third-order valence-electron chi connectivity index (χ3n) is 2.56. The Hall–Kier alpha value is -1.25. The SMILES string of the molecule is Cn1cc(NC2CCC2)ccc1=O. The summed E-state index contributed by atoms with van der Waals surface area (Å²) in [5, 5.41) is 3.39. The molecule has 1 heterocycles. The van der Waals surface area contributed by atoms with Crippen molar-refractivity contribution >= 4 is 5.69 Å². The zero-order chi connectivity index (χ0) is 9.26. The molecule has 0 amide bonds. The Kier molecular flexibility index (Phi) is 2.08. The highest BCUT2D eigenvalue weighted by Gasteiger charge is 2.16. The van der Waals surface area contributed by atoms with E-state index in [1.54, 1.807) is 17.7 Å². The molecule has 1 aliphatic carbocycles. The van der Waals surface area contributed by atoms with E-state index in [0.29, 0.717) is 6.04 Å². The highest BCUT2D eigenvalue weighted by molar-refractivity contribution is 5.41. The largest absolute Gasteiger partial charge is 0.381 e. The van der Waals surface area contributed by atoms with Gasteiger partial charge in [-0.05, 0) is 25.3 Å². The normalized spacial score (nSPS) is 16.7. The Morgan fingerprint density at radius 2 is 2.23 bits per heavy atom. The van der Waals surface area contributed by atoms with Gasteiger partial charge in [-0.3, -0.25) is 4.79 Å². The maximum Gasteiger partial charge on any atom is 0.250 e. The van der Waals surface area contributed by atoms with E-state index in [-0.39, 0.29) is 5.56 Å². The van der Waals surface area contributed by atoms with Crippen LogP contribution in [0.2, 0.25) is 0 Å². The van der Waals surface area contributed by atoms with Gasteiger partial charge in [-0.15, -0.1) is 0 Å². The molecule has 0 aromatic carbocycles. The van der Waals surface area contributed by atoms with Crippen molar-refractivity contribution in [1.29, 1.82) is 0 Å². The van der Waals surface area contributed by atoms with Gasteiger partial charge in [0.25, 0.3) is 0 Å². The minimum atomic E-state index is 0.0409. The summed E-state index contributed by atoms with van der Waals surface area (Å²) in [5.41, 5.74) is 1.09. The van der Waals surface area contributed by atoms with Gasteiger partial charge >= 0.3 is 0 Å². The van der Waals surface area contributed by atoms with Crippen LogP contribution < -0.4 is 10.9 Å². The topological polar surface area (TPSA) is 34.0 Å². The van der Waals surface area contributed by atoms with Crippen LogP contribution in [0.1, 0.15) is 19.3 Å². The van der Waals surface area contributed by atoms with Crippen LogP contribution in [-0.4, -0.2) is 10.6 Å². The van der Waals surface area contributed by atoms with E-state index in [2.05, 4.69) is 5.32 Å². The molecule has 0 spiro atoms. The van der Waals surface area contributed by atoms with Crippen molar-refractivity contribution in [2.75, 3.05) is 5.32 Å². The Labute approximate surface area is 77.4 Å². The number of nitrogens with one attached hydrogen (secondary N) is 1. The minimum absolute atomic E-state index is 0.0409. The third-order valence-corrected chi connectivity index (χ3v) is 2.56. The molecule has 3 heteroatoms. The number of aromatic nitrogens is 1. The number of hydrogen-bond acceptors (Lipinski definition) is 2. The van der Waals surface area contributed by atoms with Crippen LogP contribution in [0, 0.1) is 0 Å². The second-order valence-electron chi connectivity index (χ2n) is 3.64. The van der Waals surface area contributed by atoms with Crippen molar-refractivity contribution in [2.45, 2.75) is 25.3 Å². The molecule has 0 saturated heterocycles. The van der Waals surface area contributed by atoms with E-state index in [1.165, 1.54) is 19.3 Å². The van der Waals surface area contributed by atoms with Gasteiger partial charge in [-0.25, -0.2) is 0 Å². The van der Waals surface area contributed by atoms with Gasteiger partial charge in [-0.1, -0.05) is 0 Å². The standard InChI is InChI=1S/C10H14N2O/c1-12-7-9(5-6-10(12)13)11-8-3-2-4-8/h5-8,11H,2-4H2,1H3. The molecule has 0 atom stereocenters. The summed E-state index contributed by atoms with van der Waals surface area (Å²) in [6.07, 6.45) is 5.68. The van der Waals surface area contributed by atoms with Crippen LogP contribution in [0.15, 0.2) is 23.1 Å². The fraction of sp³-hybridized carbons (Fsp3) is 0.500. The van der Waals surface area contributed by atoms with Gasteiger partial charge in [0.05, 0.1) is 5.69 Å². The van der Waals surface area contributed by atoms with E-state index in [0.717, 1.165) is 5.69 Å². The molecule has 0 radical (unpaired) electrons. The highest BCUT2D eigenvalue weighted by Crippen LogP contribution is 2.22. The zero-order valence-electron chi connectivity index (χ0n) is 7.79. The quantitative estimate of drug-likeness (QED) is 0.741. The van der Waals surface area contributed by atoms with E-state index in [9.17, 15) is 4.79 Å². The minimum Gasteiger partial charge on any atom is -0.381 e. The van der Waals surface area contributed by atoms with E-state index >= 15 is 0 Å². The molecule has 1 aromatic rings. The average molecular weight is 178 g/mol. The fourth-order valence-corrected chi connectivity index (χ4v) is 1.47. The van der Waals surface area contributed by atoms with Crippen molar-refractivity contribution in [2.24, 2.45) is 7.05 Å². The molecular formula is C10H14N2O. The second kappa shape index (κ2) is 3.24. The van der Waals surface area contributed by atoms with Crippen LogP contribution in [-0.2, 0) is 7.05 Å². The summed E-state index contributed by atoms with van der Waals surface area (Å²) in [5.74, 6) is 0. The summed E-state index contributed by atoms with van der Waals surface area (Å²) < 4.78 is 1.60. The van der Waals surface area contributed by atoms with Gasteiger partial charge in [-0.2, -0.15) is 0 Å². The Bertz CT molecular complexity index is 352. The van der Waals surface area contributed by atoms with Gasteiger partial charge in [0.1, 0.15) is 0 Å². The second-order valence-corrected chi connectivity index (χ2v) is 3.64. The van der Waals surface area contributed by atoms with Crippen LogP contribution >= 0.6 is 0 Å². The van der Waals surface area contributed by atoms with Crippen LogP contribution in [0.4, 0.5) is 5.69 Å². The smallest absolute Gasteiger partial charge is 0.250 e. The Morgan fingerprint density at radius 1 is 1.46 bits per heavy atom. The van der Waals surface area contributed by atoms with Crippen molar-refractivity contribution in [3.8, 4) is 0 Å². The van der Waals surface area contributed by atoms with E-state index in [4.69, 9.17) is 0 Å². The highest BCUT2D eigenvalue weighted by atomic mass is 16.1. The number of anilines is 1. The third kappa shape index (κ3) is 1.74. The number of rotatable bonds is 2. The monoisotopic (exact) mass is 178 g/mol. The lowest BCUT2D eigenvalue weighted by Crippen LogP contribution is -2.27. The average Bonchev–Trinajstić information content (AvgIpc) is 2.04. The van der Waals surface area contributed by atoms with Crippen LogP contribution in [0.3, 0.4) is 0 Å². The van der Waals surface area contributed by atoms with Gasteiger partial charge in [0.2, 0.25) is 5.56 Å². The lowest BCUT2D eigenvalue weighted by Gasteiger charge is -2.27.